The van der Waals surface area contributed by atoms with Crippen LogP contribution in [0.15, 0.2) is 18.2 Å². The Morgan fingerprint density at radius 3 is 2.56 bits per heavy atom. The van der Waals surface area contributed by atoms with E-state index in [1.54, 1.807) is 0 Å². The molecule has 4 nitrogen and oxygen atoms in total. The molecule has 3 aliphatic carbocycles. The maximum atomic E-state index is 14.2. The van der Waals surface area contributed by atoms with E-state index in [4.69, 9.17) is 0 Å². The summed E-state index contributed by atoms with van der Waals surface area (Å²) in [5.74, 6) is -0.580. The molecule has 4 fully saturated rings. The van der Waals surface area contributed by atoms with Gasteiger partial charge in [-0.15, -0.1) is 0 Å². The number of piperidine rings is 1. The molecule has 0 radical (unpaired) electrons. The first kappa shape index (κ1) is 21.8. The number of benzene rings is 1. The van der Waals surface area contributed by atoms with Crippen molar-refractivity contribution in [2.75, 3.05) is 7.05 Å². The summed E-state index contributed by atoms with van der Waals surface area (Å²) in [7, 11) is 1.98. The molecule has 7 atom stereocenters. The Hall–Kier alpha value is -1.98. The molecule has 3 saturated carbocycles. The molecule has 1 heterocycles. The molecule has 5 rings (SSSR count). The van der Waals surface area contributed by atoms with Crippen LogP contribution in [0.3, 0.4) is 0 Å². The van der Waals surface area contributed by atoms with Crippen LogP contribution >= 0.6 is 0 Å². The summed E-state index contributed by atoms with van der Waals surface area (Å²) in [5.41, 5.74) is -0.0762. The van der Waals surface area contributed by atoms with Gasteiger partial charge in [0.2, 0.25) is 5.91 Å². The van der Waals surface area contributed by atoms with Crippen LogP contribution in [0.4, 0.5) is 8.78 Å². The Bertz CT molecular complexity index is 952. The molecule has 6 heteroatoms. The van der Waals surface area contributed by atoms with E-state index in [-0.39, 0.29) is 28.3 Å². The smallest absolute Gasteiger partial charge is 0.254 e. The van der Waals surface area contributed by atoms with Gasteiger partial charge in [-0.1, -0.05) is 19.9 Å². The fourth-order valence-electron chi connectivity index (χ4n) is 8.30. The summed E-state index contributed by atoms with van der Waals surface area (Å²) in [6.45, 7) is 4.69. The van der Waals surface area contributed by atoms with Crippen molar-refractivity contribution in [2.45, 2.75) is 77.3 Å². The summed E-state index contributed by atoms with van der Waals surface area (Å²) < 4.78 is 27.8. The van der Waals surface area contributed by atoms with Crippen molar-refractivity contribution in [3.63, 3.8) is 0 Å². The van der Waals surface area contributed by atoms with Crippen molar-refractivity contribution < 1.29 is 18.4 Å². The second-order valence-corrected chi connectivity index (χ2v) is 11.2. The Morgan fingerprint density at radius 2 is 1.78 bits per heavy atom. The SMILES string of the molecule is CN1C(=O)CC[C@@]2(C)C1CC[C@@H]1[C@H]2CC[C@]2(C)C(NC(=O)c3cccc(F)c3F)CC[C@@H]12. The number of nitrogens with one attached hydrogen (secondary N) is 1. The normalized spacial score (nSPS) is 41.0. The van der Waals surface area contributed by atoms with Crippen LogP contribution in [0, 0.1) is 40.2 Å². The highest BCUT2D eigenvalue weighted by Crippen LogP contribution is 2.64. The highest BCUT2D eigenvalue weighted by Gasteiger charge is 2.61. The number of carbonyl (C=O) groups is 2. The fourth-order valence-corrected chi connectivity index (χ4v) is 8.30. The number of hydrogen-bond donors (Lipinski definition) is 1. The number of carbonyl (C=O) groups excluding carboxylic acids is 2. The van der Waals surface area contributed by atoms with Gasteiger partial charge in [0.15, 0.2) is 11.6 Å². The average molecular weight is 445 g/mol. The van der Waals surface area contributed by atoms with E-state index in [0.29, 0.717) is 30.2 Å². The molecule has 174 valence electrons. The van der Waals surface area contributed by atoms with Gasteiger partial charge < -0.3 is 10.2 Å². The van der Waals surface area contributed by atoms with Crippen molar-refractivity contribution in [3.8, 4) is 0 Å². The van der Waals surface area contributed by atoms with Gasteiger partial charge in [-0.25, -0.2) is 8.78 Å². The lowest BCUT2D eigenvalue weighted by molar-refractivity contribution is -0.157. The van der Waals surface area contributed by atoms with E-state index < -0.39 is 17.5 Å². The van der Waals surface area contributed by atoms with Crippen molar-refractivity contribution >= 4 is 11.8 Å². The topological polar surface area (TPSA) is 49.4 Å². The number of fused-ring (bicyclic) bond motifs is 5. The summed E-state index contributed by atoms with van der Waals surface area (Å²) in [5, 5.41) is 3.08. The summed E-state index contributed by atoms with van der Waals surface area (Å²) in [6, 6.07) is 4.07. The van der Waals surface area contributed by atoms with Gasteiger partial charge in [0.1, 0.15) is 0 Å². The van der Waals surface area contributed by atoms with Gasteiger partial charge in [-0.3, -0.25) is 9.59 Å². The predicted octanol–water partition coefficient (Wildman–Crippen LogP) is 4.93. The van der Waals surface area contributed by atoms with Gasteiger partial charge in [-0.05, 0) is 85.7 Å². The van der Waals surface area contributed by atoms with Gasteiger partial charge in [0.05, 0.1) is 5.56 Å². The van der Waals surface area contributed by atoms with Crippen molar-refractivity contribution in [2.24, 2.45) is 28.6 Å². The van der Waals surface area contributed by atoms with Gasteiger partial charge in [-0.2, -0.15) is 0 Å². The van der Waals surface area contributed by atoms with E-state index in [0.717, 1.165) is 51.0 Å². The largest absolute Gasteiger partial charge is 0.349 e. The molecule has 1 N–H and O–H groups in total. The molecule has 1 aromatic carbocycles. The molecular formula is C26H34F2N2O2. The number of amides is 2. The third kappa shape index (κ3) is 3.04. The number of nitrogens with zero attached hydrogens (tertiary/aromatic N) is 1. The lowest BCUT2D eigenvalue weighted by Crippen LogP contribution is -2.62. The van der Waals surface area contributed by atoms with Crippen LogP contribution in [0.2, 0.25) is 0 Å². The standard InChI is InChI=1S/C26H34F2N2O2/c1-25-13-11-18-15(7-10-21-26(18,2)14-12-22(31)30(21)3)17(25)8-9-20(25)29-24(32)16-5-4-6-19(27)23(16)28/h4-6,15,17-18,20-21H,7-14H2,1-3H3,(H,29,32)/t15-,17-,18+,20?,21?,25-,26+/m0/s1. The number of hydrogen-bond acceptors (Lipinski definition) is 2. The Balaban J connectivity index is 1.36. The lowest BCUT2D eigenvalue weighted by Gasteiger charge is -2.61. The first-order valence-corrected chi connectivity index (χ1v) is 12.2. The fraction of sp³-hybridized carbons (Fsp3) is 0.692. The quantitative estimate of drug-likeness (QED) is 0.703. The van der Waals surface area contributed by atoms with Crippen molar-refractivity contribution in [3.05, 3.63) is 35.4 Å². The van der Waals surface area contributed by atoms with Crippen molar-refractivity contribution in [1.82, 2.24) is 10.2 Å². The first-order valence-electron chi connectivity index (χ1n) is 12.2. The summed E-state index contributed by atoms with van der Waals surface area (Å²) in [4.78, 5) is 27.2. The van der Waals surface area contributed by atoms with E-state index in [1.165, 1.54) is 12.1 Å². The molecule has 1 saturated heterocycles. The lowest BCUT2D eigenvalue weighted by atomic mass is 9.47. The maximum Gasteiger partial charge on any atom is 0.254 e. The molecule has 1 aromatic rings. The molecule has 32 heavy (non-hydrogen) atoms. The first-order chi connectivity index (χ1) is 15.2. The Labute approximate surface area is 189 Å². The monoisotopic (exact) mass is 444 g/mol. The average Bonchev–Trinajstić information content (AvgIpc) is 3.09. The predicted molar refractivity (Wildman–Crippen MR) is 118 cm³/mol. The van der Waals surface area contributed by atoms with Crippen LogP contribution in [0.25, 0.3) is 0 Å². The van der Waals surface area contributed by atoms with Crippen LogP contribution in [0.5, 0.6) is 0 Å². The number of halogens is 2. The second kappa shape index (κ2) is 7.53. The van der Waals surface area contributed by atoms with E-state index in [9.17, 15) is 18.4 Å². The van der Waals surface area contributed by atoms with E-state index in [2.05, 4.69) is 19.2 Å². The molecule has 2 amide bonds. The zero-order valence-electron chi connectivity index (χ0n) is 19.3. The molecular weight excluding hydrogens is 410 g/mol. The molecule has 1 aliphatic heterocycles. The van der Waals surface area contributed by atoms with Crippen LogP contribution in [-0.2, 0) is 4.79 Å². The zero-order valence-corrected chi connectivity index (χ0v) is 19.3. The summed E-state index contributed by atoms with van der Waals surface area (Å²) >= 11 is 0. The van der Waals surface area contributed by atoms with Crippen LogP contribution < -0.4 is 5.32 Å². The third-order valence-electron chi connectivity index (χ3n) is 10.1. The molecule has 0 spiro atoms. The minimum atomic E-state index is -1.07. The van der Waals surface area contributed by atoms with Gasteiger partial charge in [0.25, 0.3) is 5.91 Å². The minimum Gasteiger partial charge on any atom is -0.349 e. The molecule has 4 aliphatic rings. The zero-order chi connectivity index (χ0) is 22.8. The van der Waals surface area contributed by atoms with Crippen molar-refractivity contribution in [1.29, 1.82) is 0 Å². The maximum absolute atomic E-state index is 14.2. The van der Waals surface area contributed by atoms with E-state index >= 15 is 0 Å². The van der Waals surface area contributed by atoms with E-state index in [1.807, 2.05) is 11.9 Å². The Kier molecular flexibility index (Phi) is 5.14. The molecule has 0 bridgehead atoms. The molecule has 0 aromatic heterocycles. The van der Waals surface area contributed by atoms with Gasteiger partial charge >= 0.3 is 0 Å². The Morgan fingerprint density at radius 1 is 1.03 bits per heavy atom. The highest BCUT2D eigenvalue weighted by atomic mass is 19.2. The van der Waals surface area contributed by atoms with Crippen LogP contribution in [-0.4, -0.2) is 35.8 Å². The summed E-state index contributed by atoms with van der Waals surface area (Å²) in [6.07, 6.45) is 7.87. The second-order valence-electron chi connectivity index (χ2n) is 11.2. The highest BCUT2D eigenvalue weighted by molar-refractivity contribution is 5.94. The van der Waals surface area contributed by atoms with Gasteiger partial charge in [0, 0.05) is 25.6 Å². The molecule has 2 unspecified atom stereocenters. The number of likely N-dealkylation sites (tertiary alicyclic amines) is 1. The number of rotatable bonds is 2. The minimum absolute atomic E-state index is 0.0234. The van der Waals surface area contributed by atoms with Crippen LogP contribution in [0.1, 0.15) is 75.6 Å². The third-order valence-corrected chi connectivity index (χ3v) is 10.1.